The maximum absolute atomic E-state index is 13.0. The van der Waals surface area contributed by atoms with E-state index in [1.165, 1.54) is 19.6 Å². The average Bonchev–Trinajstić information content (AvgIpc) is 2.52. The molecule has 2 aliphatic rings. The Morgan fingerprint density at radius 3 is 2.39 bits per heavy atom. The number of alkyl halides is 3. The second-order valence-corrected chi connectivity index (χ2v) is 7.90. The first-order valence-electron chi connectivity index (χ1n) is 7.83. The molecule has 126 valence electrons. The van der Waals surface area contributed by atoms with Crippen LogP contribution >= 0.6 is 11.8 Å². The van der Waals surface area contributed by atoms with Crippen LogP contribution in [0.3, 0.4) is 0 Å². The number of hydrogen-bond donors (Lipinski definition) is 0. The van der Waals surface area contributed by atoms with E-state index in [0.29, 0.717) is 10.5 Å². The van der Waals surface area contributed by atoms with Gasteiger partial charge in [0.05, 0.1) is 12.7 Å². The van der Waals surface area contributed by atoms with Crippen molar-refractivity contribution in [2.45, 2.75) is 48.8 Å². The minimum absolute atomic E-state index is 0.0774. The molecule has 2 saturated heterocycles. The largest absolute Gasteiger partial charge is 0.497 e. The quantitative estimate of drug-likeness (QED) is 0.725. The van der Waals surface area contributed by atoms with Gasteiger partial charge in [0.1, 0.15) is 5.75 Å². The normalized spacial score (nSPS) is 27.6. The molecule has 0 N–H and O–H groups in total. The fourth-order valence-electron chi connectivity index (χ4n) is 3.53. The molecular weight excluding hydrogens is 325 g/mol. The maximum Gasteiger partial charge on any atom is 0.416 e. The Morgan fingerprint density at radius 2 is 1.83 bits per heavy atom. The SMILES string of the molecule is COc1cc(C(=O)C2CC3CCCC(C2)S3)cc(C(F)(F)F)c1. The van der Waals surface area contributed by atoms with Crippen LogP contribution in [0.5, 0.6) is 5.75 Å². The lowest BCUT2D eigenvalue weighted by atomic mass is 9.84. The van der Waals surface area contributed by atoms with Crippen LogP contribution in [0.1, 0.15) is 48.0 Å². The number of Topliss-reactive ketones (excluding diaryl/α,β-unsaturated/α-hetero) is 1. The number of carbonyl (C=O) groups is 1. The van der Waals surface area contributed by atoms with Crippen molar-refractivity contribution in [1.29, 1.82) is 0 Å². The number of halogens is 3. The van der Waals surface area contributed by atoms with Crippen LogP contribution < -0.4 is 4.74 Å². The summed E-state index contributed by atoms with van der Waals surface area (Å²) in [5.74, 6) is -0.264. The first-order chi connectivity index (χ1) is 10.9. The Balaban J connectivity index is 1.86. The zero-order valence-electron chi connectivity index (χ0n) is 12.9. The first kappa shape index (κ1) is 16.7. The molecule has 2 nitrogen and oxygen atoms in total. The minimum Gasteiger partial charge on any atom is -0.497 e. The lowest BCUT2D eigenvalue weighted by molar-refractivity contribution is -0.137. The summed E-state index contributed by atoms with van der Waals surface area (Å²) in [6.07, 6.45) is 0.480. The maximum atomic E-state index is 13.0. The van der Waals surface area contributed by atoms with Gasteiger partial charge in [-0.05, 0) is 43.9 Å². The highest BCUT2D eigenvalue weighted by Gasteiger charge is 2.37. The molecular formula is C17H19F3O2S. The second-order valence-electron chi connectivity index (χ2n) is 6.29. The Morgan fingerprint density at radius 1 is 1.17 bits per heavy atom. The minimum atomic E-state index is -4.48. The standard InChI is InChI=1S/C17H19F3O2S/c1-22-13-6-10(5-12(9-13)17(18,19)20)16(21)11-7-14-3-2-4-15(8-11)23-14/h5-6,9,11,14-15H,2-4,7-8H2,1H3. The van der Waals surface area contributed by atoms with Crippen molar-refractivity contribution in [3.05, 3.63) is 29.3 Å². The van der Waals surface area contributed by atoms with Crippen molar-refractivity contribution in [2.24, 2.45) is 5.92 Å². The van der Waals surface area contributed by atoms with Crippen molar-refractivity contribution in [3.8, 4) is 5.75 Å². The summed E-state index contributed by atoms with van der Waals surface area (Å²) >= 11 is 1.95. The molecule has 0 amide bonds. The summed E-state index contributed by atoms with van der Waals surface area (Å²) in [4.78, 5) is 12.7. The van der Waals surface area contributed by atoms with Crippen LogP contribution in [0.4, 0.5) is 13.2 Å². The van der Waals surface area contributed by atoms with Gasteiger partial charge in [-0.1, -0.05) is 6.42 Å². The predicted octanol–water partition coefficient (Wildman–Crippen LogP) is 4.96. The zero-order chi connectivity index (χ0) is 16.6. The van der Waals surface area contributed by atoms with E-state index < -0.39 is 11.7 Å². The van der Waals surface area contributed by atoms with Gasteiger partial charge in [0, 0.05) is 22.0 Å². The van der Waals surface area contributed by atoms with E-state index in [4.69, 9.17) is 4.74 Å². The zero-order valence-corrected chi connectivity index (χ0v) is 13.7. The molecule has 0 aliphatic carbocycles. The fraction of sp³-hybridized carbons (Fsp3) is 0.588. The van der Waals surface area contributed by atoms with E-state index in [0.717, 1.165) is 37.8 Å². The number of ketones is 1. The van der Waals surface area contributed by atoms with Crippen molar-refractivity contribution >= 4 is 17.5 Å². The van der Waals surface area contributed by atoms with Crippen molar-refractivity contribution in [3.63, 3.8) is 0 Å². The Hall–Kier alpha value is -1.17. The van der Waals surface area contributed by atoms with E-state index in [-0.39, 0.29) is 23.0 Å². The molecule has 2 aliphatic heterocycles. The summed E-state index contributed by atoms with van der Waals surface area (Å²) in [6.45, 7) is 0. The fourth-order valence-corrected chi connectivity index (χ4v) is 5.37. The van der Waals surface area contributed by atoms with Gasteiger partial charge in [0.25, 0.3) is 0 Å². The van der Waals surface area contributed by atoms with Crippen molar-refractivity contribution in [2.75, 3.05) is 7.11 Å². The van der Waals surface area contributed by atoms with E-state index >= 15 is 0 Å². The van der Waals surface area contributed by atoms with Gasteiger partial charge in [0.2, 0.25) is 0 Å². The molecule has 3 rings (SSSR count). The van der Waals surface area contributed by atoms with Gasteiger partial charge in [-0.25, -0.2) is 0 Å². The van der Waals surface area contributed by atoms with Crippen LogP contribution in [0.25, 0.3) is 0 Å². The van der Waals surface area contributed by atoms with E-state index in [1.807, 2.05) is 11.8 Å². The topological polar surface area (TPSA) is 26.3 Å². The molecule has 0 radical (unpaired) electrons. The number of fused-ring (bicyclic) bond motifs is 2. The van der Waals surface area contributed by atoms with Gasteiger partial charge in [-0.15, -0.1) is 0 Å². The van der Waals surface area contributed by atoms with Gasteiger partial charge in [-0.2, -0.15) is 24.9 Å². The average molecular weight is 344 g/mol. The van der Waals surface area contributed by atoms with Crippen molar-refractivity contribution < 1.29 is 22.7 Å². The van der Waals surface area contributed by atoms with Crippen molar-refractivity contribution in [1.82, 2.24) is 0 Å². The number of rotatable bonds is 3. The van der Waals surface area contributed by atoms with Crippen LogP contribution in [-0.2, 0) is 6.18 Å². The number of methoxy groups -OCH3 is 1. The third kappa shape index (κ3) is 3.67. The lowest BCUT2D eigenvalue weighted by Gasteiger charge is -2.38. The molecule has 2 heterocycles. The molecule has 0 aromatic heterocycles. The molecule has 0 spiro atoms. The highest BCUT2D eigenvalue weighted by Crippen LogP contribution is 2.45. The summed E-state index contributed by atoms with van der Waals surface area (Å²) in [7, 11) is 1.31. The number of benzene rings is 1. The molecule has 0 saturated carbocycles. The first-order valence-corrected chi connectivity index (χ1v) is 8.77. The molecule has 2 unspecified atom stereocenters. The highest BCUT2D eigenvalue weighted by atomic mass is 32.2. The third-order valence-corrected chi connectivity index (χ3v) is 6.28. The van der Waals surface area contributed by atoms with E-state index in [1.54, 1.807) is 0 Å². The predicted molar refractivity (Wildman–Crippen MR) is 84.1 cm³/mol. The Labute approximate surface area is 137 Å². The van der Waals surface area contributed by atoms with E-state index in [2.05, 4.69) is 0 Å². The molecule has 2 bridgehead atoms. The summed E-state index contributed by atoms with van der Waals surface area (Å²) in [5, 5.41) is 0.952. The lowest BCUT2D eigenvalue weighted by Crippen LogP contribution is -2.33. The van der Waals surface area contributed by atoms with Crippen LogP contribution in [0, 0.1) is 5.92 Å². The Bertz CT molecular complexity index is 588. The van der Waals surface area contributed by atoms with Crippen LogP contribution in [0.15, 0.2) is 18.2 Å². The third-order valence-electron chi connectivity index (χ3n) is 4.66. The van der Waals surface area contributed by atoms with Crippen LogP contribution in [-0.4, -0.2) is 23.4 Å². The van der Waals surface area contributed by atoms with Crippen LogP contribution in [0.2, 0.25) is 0 Å². The van der Waals surface area contributed by atoms with Gasteiger partial charge in [0.15, 0.2) is 5.78 Å². The second kappa shape index (κ2) is 6.38. The highest BCUT2D eigenvalue weighted by molar-refractivity contribution is 8.00. The molecule has 23 heavy (non-hydrogen) atoms. The molecule has 2 fully saturated rings. The van der Waals surface area contributed by atoms with Gasteiger partial charge in [-0.3, -0.25) is 4.79 Å². The molecule has 1 aromatic carbocycles. The number of thioether (sulfide) groups is 1. The summed E-state index contributed by atoms with van der Waals surface area (Å²) < 4.78 is 44.0. The smallest absolute Gasteiger partial charge is 0.416 e. The van der Waals surface area contributed by atoms with E-state index in [9.17, 15) is 18.0 Å². The Kier molecular flexibility index (Phi) is 4.63. The number of hydrogen-bond acceptors (Lipinski definition) is 3. The summed E-state index contributed by atoms with van der Waals surface area (Å²) in [6, 6.07) is 3.32. The van der Waals surface area contributed by atoms with Gasteiger partial charge < -0.3 is 4.74 Å². The number of carbonyl (C=O) groups excluding carboxylic acids is 1. The van der Waals surface area contributed by atoms with Gasteiger partial charge >= 0.3 is 6.18 Å². The summed E-state index contributed by atoms with van der Waals surface area (Å²) in [5.41, 5.74) is -0.711. The number of ether oxygens (including phenoxy) is 1. The monoisotopic (exact) mass is 344 g/mol. The molecule has 6 heteroatoms. The molecule has 1 aromatic rings. The molecule has 2 atom stereocenters.